The third kappa shape index (κ3) is 5.27. The number of halogens is 1. The highest BCUT2D eigenvalue weighted by Crippen LogP contribution is 2.24. The van der Waals surface area contributed by atoms with Crippen molar-refractivity contribution < 1.29 is 4.74 Å². The average Bonchev–Trinajstić information content (AvgIpc) is 2.38. The summed E-state index contributed by atoms with van der Waals surface area (Å²) in [7, 11) is 4.06. The van der Waals surface area contributed by atoms with Crippen LogP contribution in [0.1, 0.15) is 32.8 Å². The molecule has 0 aliphatic heterocycles. The first-order valence-corrected chi connectivity index (χ1v) is 7.40. The number of nitrogens with one attached hydrogen (secondary N) is 1. The van der Waals surface area contributed by atoms with Crippen LogP contribution >= 0.6 is 11.6 Å². The van der Waals surface area contributed by atoms with Crippen molar-refractivity contribution in [3.05, 3.63) is 22.8 Å². The third-order valence-corrected chi connectivity index (χ3v) is 3.66. The maximum absolute atomic E-state index is 6.22. The Morgan fingerprint density at radius 2 is 2.10 bits per heavy atom. The van der Waals surface area contributed by atoms with Gasteiger partial charge < -0.3 is 15.0 Å². The SMILES string of the molecule is CCCNCc1cnc(OCC(C)(C)N(C)C)c(Cl)c1. The van der Waals surface area contributed by atoms with E-state index in [2.05, 4.69) is 36.0 Å². The van der Waals surface area contributed by atoms with Crippen LogP contribution in [0.3, 0.4) is 0 Å². The van der Waals surface area contributed by atoms with Gasteiger partial charge in [0.25, 0.3) is 0 Å². The van der Waals surface area contributed by atoms with E-state index < -0.39 is 0 Å². The molecule has 114 valence electrons. The van der Waals surface area contributed by atoms with E-state index in [-0.39, 0.29) is 5.54 Å². The van der Waals surface area contributed by atoms with Gasteiger partial charge in [0.05, 0.1) is 0 Å². The van der Waals surface area contributed by atoms with Crippen LogP contribution in [0.15, 0.2) is 12.3 Å². The molecule has 0 saturated heterocycles. The Morgan fingerprint density at radius 1 is 1.40 bits per heavy atom. The van der Waals surface area contributed by atoms with Gasteiger partial charge in [-0.15, -0.1) is 0 Å². The minimum Gasteiger partial charge on any atom is -0.475 e. The summed E-state index contributed by atoms with van der Waals surface area (Å²) in [5, 5.41) is 3.89. The number of rotatable bonds is 8. The zero-order valence-corrected chi connectivity index (χ0v) is 13.9. The van der Waals surface area contributed by atoms with Gasteiger partial charge in [0.15, 0.2) is 0 Å². The van der Waals surface area contributed by atoms with Crippen LogP contribution in [0.25, 0.3) is 0 Å². The number of hydrogen-bond acceptors (Lipinski definition) is 4. The molecule has 1 rings (SSSR count). The lowest BCUT2D eigenvalue weighted by Crippen LogP contribution is -2.43. The van der Waals surface area contributed by atoms with Gasteiger partial charge in [-0.2, -0.15) is 0 Å². The van der Waals surface area contributed by atoms with Crippen molar-refractivity contribution in [1.29, 1.82) is 0 Å². The van der Waals surface area contributed by atoms with Crippen molar-refractivity contribution in [1.82, 2.24) is 15.2 Å². The van der Waals surface area contributed by atoms with Crippen LogP contribution in [-0.4, -0.2) is 42.7 Å². The van der Waals surface area contributed by atoms with Crippen molar-refractivity contribution >= 4 is 11.6 Å². The largest absolute Gasteiger partial charge is 0.475 e. The van der Waals surface area contributed by atoms with E-state index >= 15 is 0 Å². The lowest BCUT2D eigenvalue weighted by Gasteiger charge is -2.32. The van der Waals surface area contributed by atoms with E-state index in [1.54, 1.807) is 0 Å². The van der Waals surface area contributed by atoms with E-state index in [1.165, 1.54) is 0 Å². The zero-order valence-electron chi connectivity index (χ0n) is 13.2. The Morgan fingerprint density at radius 3 is 2.65 bits per heavy atom. The predicted molar refractivity (Wildman–Crippen MR) is 84.5 cm³/mol. The minimum atomic E-state index is -0.0631. The van der Waals surface area contributed by atoms with Crippen molar-refractivity contribution in [2.45, 2.75) is 39.3 Å². The Hall–Kier alpha value is -0.840. The third-order valence-electron chi connectivity index (χ3n) is 3.39. The van der Waals surface area contributed by atoms with Gasteiger partial charge in [0, 0.05) is 18.3 Å². The molecule has 0 amide bonds. The van der Waals surface area contributed by atoms with Gasteiger partial charge in [-0.1, -0.05) is 18.5 Å². The molecular formula is C15H26ClN3O. The van der Waals surface area contributed by atoms with Crippen molar-refractivity contribution in [2.75, 3.05) is 27.2 Å². The summed E-state index contributed by atoms with van der Waals surface area (Å²) in [5.74, 6) is 0.501. The second-order valence-corrected chi connectivity index (χ2v) is 6.21. The van der Waals surface area contributed by atoms with Gasteiger partial charge in [0.2, 0.25) is 5.88 Å². The van der Waals surface area contributed by atoms with Gasteiger partial charge in [0.1, 0.15) is 11.6 Å². The topological polar surface area (TPSA) is 37.4 Å². The van der Waals surface area contributed by atoms with Gasteiger partial charge >= 0.3 is 0 Å². The first-order valence-electron chi connectivity index (χ1n) is 7.02. The summed E-state index contributed by atoms with van der Waals surface area (Å²) in [4.78, 5) is 6.42. The fourth-order valence-corrected chi connectivity index (χ4v) is 1.69. The number of pyridine rings is 1. The molecule has 1 aromatic rings. The van der Waals surface area contributed by atoms with Gasteiger partial charge in [-0.25, -0.2) is 4.98 Å². The maximum Gasteiger partial charge on any atom is 0.232 e. The fourth-order valence-electron chi connectivity index (χ4n) is 1.45. The second-order valence-electron chi connectivity index (χ2n) is 5.80. The fraction of sp³-hybridized carbons (Fsp3) is 0.667. The van der Waals surface area contributed by atoms with E-state index in [4.69, 9.17) is 16.3 Å². The highest BCUT2D eigenvalue weighted by molar-refractivity contribution is 6.31. The molecule has 0 radical (unpaired) electrons. The summed E-state index contributed by atoms with van der Waals surface area (Å²) in [6.07, 6.45) is 2.93. The molecule has 4 nitrogen and oxygen atoms in total. The number of hydrogen-bond donors (Lipinski definition) is 1. The normalized spacial score (nSPS) is 11.9. The first kappa shape index (κ1) is 17.2. The molecule has 1 aromatic heterocycles. The van der Waals surface area contributed by atoms with Crippen LogP contribution < -0.4 is 10.1 Å². The smallest absolute Gasteiger partial charge is 0.232 e. The van der Waals surface area contributed by atoms with Crippen LogP contribution in [0.4, 0.5) is 0 Å². The van der Waals surface area contributed by atoms with Crippen LogP contribution in [-0.2, 0) is 6.54 Å². The molecule has 0 aliphatic carbocycles. The molecule has 0 bridgehead atoms. The van der Waals surface area contributed by atoms with Crippen molar-refractivity contribution in [3.8, 4) is 5.88 Å². The average molecular weight is 300 g/mol. The quantitative estimate of drug-likeness (QED) is 0.749. The standard InChI is InChI=1S/C15H26ClN3O/c1-6-7-17-9-12-8-13(16)14(18-10-12)20-11-15(2,3)19(4)5/h8,10,17H,6-7,9,11H2,1-5H3. The summed E-state index contributed by atoms with van der Waals surface area (Å²) in [6, 6.07) is 1.91. The monoisotopic (exact) mass is 299 g/mol. The molecule has 0 atom stereocenters. The molecule has 0 unspecified atom stereocenters. The van der Waals surface area contributed by atoms with Crippen molar-refractivity contribution in [3.63, 3.8) is 0 Å². The Bertz CT molecular complexity index is 422. The lowest BCUT2D eigenvalue weighted by molar-refractivity contribution is 0.111. The number of likely N-dealkylation sites (N-methyl/N-ethyl adjacent to an activating group) is 1. The summed E-state index contributed by atoms with van der Waals surface area (Å²) in [5.41, 5.74) is 1.01. The molecular weight excluding hydrogens is 274 g/mol. The summed E-state index contributed by atoms with van der Waals surface area (Å²) in [6.45, 7) is 8.69. The number of ether oxygens (including phenoxy) is 1. The van der Waals surface area contributed by atoms with Gasteiger partial charge in [-0.05, 0) is 52.5 Å². The molecule has 1 N–H and O–H groups in total. The van der Waals surface area contributed by atoms with Crippen LogP contribution in [0, 0.1) is 0 Å². The molecule has 0 aliphatic rings. The predicted octanol–water partition coefficient (Wildman–Crippen LogP) is 2.95. The maximum atomic E-state index is 6.22. The molecule has 1 heterocycles. The van der Waals surface area contributed by atoms with Crippen LogP contribution in [0.5, 0.6) is 5.88 Å². The van der Waals surface area contributed by atoms with Crippen molar-refractivity contribution in [2.24, 2.45) is 0 Å². The highest BCUT2D eigenvalue weighted by Gasteiger charge is 2.22. The molecule has 0 spiro atoms. The Kier molecular flexibility index (Phi) is 6.72. The molecule has 5 heteroatoms. The Balaban J connectivity index is 2.60. The molecule has 0 aromatic carbocycles. The first-order chi connectivity index (χ1) is 9.36. The van der Waals surface area contributed by atoms with E-state index in [0.717, 1.165) is 25.1 Å². The Labute approximate surface area is 127 Å². The van der Waals surface area contributed by atoms with E-state index in [0.29, 0.717) is 17.5 Å². The molecule has 20 heavy (non-hydrogen) atoms. The highest BCUT2D eigenvalue weighted by atomic mass is 35.5. The summed E-state index contributed by atoms with van der Waals surface area (Å²) < 4.78 is 5.74. The second kappa shape index (κ2) is 7.81. The van der Waals surface area contributed by atoms with Gasteiger partial charge in [-0.3, -0.25) is 0 Å². The molecule has 0 saturated carbocycles. The van der Waals surface area contributed by atoms with Crippen LogP contribution in [0.2, 0.25) is 5.02 Å². The zero-order chi connectivity index (χ0) is 15.2. The van der Waals surface area contributed by atoms with E-state index in [9.17, 15) is 0 Å². The molecule has 0 fully saturated rings. The van der Waals surface area contributed by atoms with E-state index in [1.807, 2.05) is 26.4 Å². The number of nitrogens with zero attached hydrogens (tertiary/aromatic N) is 2. The number of aromatic nitrogens is 1. The lowest BCUT2D eigenvalue weighted by atomic mass is 10.1. The summed E-state index contributed by atoms with van der Waals surface area (Å²) >= 11 is 6.22. The minimum absolute atomic E-state index is 0.0631.